The van der Waals surface area contributed by atoms with Crippen LogP contribution in [0.4, 0.5) is 0 Å². The molecule has 0 unspecified atom stereocenters. The predicted octanol–water partition coefficient (Wildman–Crippen LogP) is 2.84. The Labute approximate surface area is 154 Å². The fourth-order valence-electron chi connectivity index (χ4n) is 1.75. The quantitative estimate of drug-likeness (QED) is 0.547. The number of halogens is 2. The lowest BCUT2D eigenvalue weighted by molar-refractivity contribution is 0.155. The van der Waals surface area contributed by atoms with Gasteiger partial charge in [0.1, 0.15) is 0 Å². The number of nitrogens with zero attached hydrogens (tertiary/aromatic N) is 1. The third-order valence-corrected chi connectivity index (χ3v) is 5.06. The van der Waals surface area contributed by atoms with Gasteiger partial charge in [0.2, 0.25) is 0 Å². The lowest BCUT2D eigenvalue weighted by Crippen LogP contribution is -2.33. The van der Waals surface area contributed by atoms with Crippen LogP contribution in [0.1, 0.15) is 40.5 Å². The minimum absolute atomic E-state index is 0.0602. The maximum atomic E-state index is 8.84. The molecule has 1 fully saturated rings. The summed E-state index contributed by atoms with van der Waals surface area (Å²) in [5.74, 6) is 1.65. The van der Waals surface area contributed by atoms with E-state index in [1.54, 1.807) is 6.92 Å². The highest BCUT2D eigenvalue weighted by molar-refractivity contribution is 9.09. The van der Waals surface area contributed by atoms with Crippen molar-refractivity contribution in [1.82, 2.24) is 4.90 Å². The van der Waals surface area contributed by atoms with Gasteiger partial charge in [0.15, 0.2) is 0 Å². The summed E-state index contributed by atoms with van der Waals surface area (Å²) in [5.41, 5.74) is 5.04. The number of nitrogens with two attached hydrogens (primary N) is 1. The molecule has 0 aliphatic carbocycles. The molecule has 136 valence electrons. The molecule has 1 aliphatic rings. The Morgan fingerprint density at radius 3 is 1.95 bits per heavy atom. The number of alkyl halides is 2. The molecule has 0 bridgehead atoms. The maximum Gasteiger partial charge on any atom is 0.0584 e. The molecule has 0 aromatic heterocycles. The molecule has 1 aliphatic heterocycles. The van der Waals surface area contributed by atoms with E-state index in [9.17, 15) is 0 Å². The summed E-state index contributed by atoms with van der Waals surface area (Å²) in [4.78, 5) is 2.35. The van der Waals surface area contributed by atoms with Gasteiger partial charge in [-0.05, 0) is 45.1 Å². The number of hydrogen-bond acceptors (Lipinski definition) is 4. The van der Waals surface area contributed by atoms with Gasteiger partial charge in [0.05, 0.1) is 13.2 Å². The molecule has 0 amide bonds. The molecular weight excluding hydrogens is 412 g/mol. The van der Waals surface area contributed by atoms with E-state index in [0.29, 0.717) is 12.6 Å². The normalized spacial score (nSPS) is 22.0. The number of likely N-dealkylation sites (tertiary alicyclic amines) is 1. The second-order valence-electron chi connectivity index (χ2n) is 6.32. The lowest BCUT2D eigenvalue weighted by atomic mass is 10.2. The minimum atomic E-state index is -0.0602. The average molecular weight is 448 g/mol. The molecule has 1 saturated heterocycles. The summed E-state index contributed by atoms with van der Waals surface area (Å²) in [6.45, 7) is 11.1. The van der Waals surface area contributed by atoms with Crippen LogP contribution in [0.3, 0.4) is 0 Å². The average Bonchev–Trinajstić information content (AvgIpc) is 2.94. The molecule has 4 N–H and O–H groups in total. The zero-order chi connectivity index (χ0) is 17.5. The number of aliphatic hydroxyl groups is 2. The van der Waals surface area contributed by atoms with E-state index < -0.39 is 0 Å². The first-order valence-corrected chi connectivity index (χ1v) is 10.4. The fraction of sp³-hybridized carbons (Fsp3) is 1.00. The van der Waals surface area contributed by atoms with Crippen molar-refractivity contribution in [3.63, 3.8) is 0 Å². The van der Waals surface area contributed by atoms with Gasteiger partial charge in [-0.3, -0.25) is 4.90 Å². The van der Waals surface area contributed by atoms with E-state index >= 15 is 0 Å². The first kappa shape index (κ1) is 25.0. The van der Waals surface area contributed by atoms with Crippen LogP contribution < -0.4 is 5.73 Å². The van der Waals surface area contributed by atoms with E-state index in [4.69, 9.17) is 15.9 Å². The van der Waals surface area contributed by atoms with Crippen LogP contribution in [-0.4, -0.2) is 64.2 Å². The van der Waals surface area contributed by atoms with Crippen molar-refractivity contribution >= 4 is 31.9 Å². The van der Waals surface area contributed by atoms with Gasteiger partial charge >= 0.3 is 0 Å². The number of aliphatic hydroxyl groups excluding tert-OH is 2. The molecule has 1 heterocycles. The van der Waals surface area contributed by atoms with Crippen molar-refractivity contribution in [3.8, 4) is 0 Å². The standard InChI is InChI=1S/C8H17NO.C5H10Br2.C3H9NO/c1-7-3-4-9(5-7)8(2)6-10;1-5(4-7)2-3-6;1-3(4)2-5/h7-8,10H,3-6H2,1-2H3;5H,2-4H2,1H3;3,5H,2,4H2,1H3/t7-,8+;5-;3-/m110/s1. The Kier molecular flexibility index (Phi) is 19.0. The molecule has 0 spiro atoms. The van der Waals surface area contributed by atoms with Crippen molar-refractivity contribution < 1.29 is 10.2 Å². The largest absolute Gasteiger partial charge is 0.395 e. The van der Waals surface area contributed by atoms with E-state index in [2.05, 4.69) is 57.5 Å². The summed E-state index contributed by atoms with van der Waals surface area (Å²) in [7, 11) is 0. The summed E-state index contributed by atoms with van der Waals surface area (Å²) < 4.78 is 0. The smallest absolute Gasteiger partial charge is 0.0584 e. The summed E-state index contributed by atoms with van der Waals surface area (Å²) in [6.07, 6.45) is 2.57. The SMILES string of the molecule is C[C@@H](CBr)CCBr.C[C@@H]1CCN([C@@H](C)CO)C1.C[C@H](N)CO. The maximum absolute atomic E-state index is 8.84. The zero-order valence-corrected chi connectivity index (χ0v) is 17.8. The molecule has 4 atom stereocenters. The van der Waals surface area contributed by atoms with Crippen LogP contribution in [0.15, 0.2) is 0 Å². The highest BCUT2D eigenvalue weighted by atomic mass is 79.9. The second kappa shape index (κ2) is 16.7. The van der Waals surface area contributed by atoms with Crippen LogP contribution in [0, 0.1) is 11.8 Å². The third kappa shape index (κ3) is 15.7. The highest BCUT2D eigenvalue weighted by Gasteiger charge is 2.21. The van der Waals surface area contributed by atoms with Gasteiger partial charge in [-0.2, -0.15) is 0 Å². The highest BCUT2D eigenvalue weighted by Crippen LogP contribution is 2.16. The van der Waals surface area contributed by atoms with E-state index in [1.165, 1.54) is 25.9 Å². The predicted molar refractivity (Wildman–Crippen MR) is 104 cm³/mol. The second-order valence-corrected chi connectivity index (χ2v) is 7.76. The molecule has 6 heteroatoms. The van der Waals surface area contributed by atoms with Gasteiger partial charge in [-0.1, -0.05) is 45.7 Å². The van der Waals surface area contributed by atoms with Crippen LogP contribution in [0.5, 0.6) is 0 Å². The first-order chi connectivity index (χ1) is 10.3. The summed E-state index contributed by atoms with van der Waals surface area (Å²) in [5, 5.41) is 19.1. The van der Waals surface area contributed by atoms with Crippen molar-refractivity contribution in [2.75, 3.05) is 37.0 Å². The van der Waals surface area contributed by atoms with Gasteiger partial charge < -0.3 is 15.9 Å². The molecule has 0 saturated carbocycles. The van der Waals surface area contributed by atoms with Crippen LogP contribution in [0.25, 0.3) is 0 Å². The fourth-order valence-corrected chi connectivity index (χ4v) is 2.85. The van der Waals surface area contributed by atoms with Crippen LogP contribution >= 0.6 is 31.9 Å². The molecule has 4 nitrogen and oxygen atoms in total. The zero-order valence-electron chi connectivity index (χ0n) is 14.6. The van der Waals surface area contributed by atoms with Gasteiger partial charge in [0.25, 0.3) is 0 Å². The topological polar surface area (TPSA) is 69.7 Å². The van der Waals surface area contributed by atoms with E-state index in [-0.39, 0.29) is 12.6 Å². The Bertz CT molecular complexity index is 234. The van der Waals surface area contributed by atoms with Crippen molar-refractivity contribution in [3.05, 3.63) is 0 Å². The van der Waals surface area contributed by atoms with Crippen molar-refractivity contribution in [2.45, 2.75) is 52.6 Å². The molecule has 0 radical (unpaired) electrons. The lowest BCUT2D eigenvalue weighted by Gasteiger charge is -2.21. The van der Waals surface area contributed by atoms with E-state index in [0.717, 1.165) is 22.5 Å². The molecular formula is C16H36Br2N2O2. The van der Waals surface area contributed by atoms with Crippen molar-refractivity contribution in [2.24, 2.45) is 17.6 Å². The Balaban J connectivity index is 0. The molecule has 0 aromatic carbocycles. The van der Waals surface area contributed by atoms with Gasteiger partial charge in [0, 0.05) is 29.3 Å². The summed E-state index contributed by atoms with van der Waals surface area (Å²) in [6, 6.07) is 0.306. The Morgan fingerprint density at radius 1 is 1.18 bits per heavy atom. The Hall–Kier alpha value is 0.800. The summed E-state index contributed by atoms with van der Waals surface area (Å²) >= 11 is 6.76. The van der Waals surface area contributed by atoms with E-state index in [1.807, 2.05) is 0 Å². The van der Waals surface area contributed by atoms with Crippen LogP contribution in [-0.2, 0) is 0 Å². The molecule has 22 heavy (non-hydrogen) atoms. The molecule has 0 aromatic rings. The van der Waals surface area contributed by atoms with Crippen LogP contribution in [0.2, 0.25) is 0 Å². The monoisotopic (exact) mass is 446 g/mol. The first-order valence-electron chi connectivity index (χ1n) is 8.15. The van der Waals surface area contributed by atoms with Gasteiger partial charge in [-0.25, -0.2) is 0 Å². The molecule has 1 rings (SSSR count). The van der Waals surface area contributed by atoms with Gasteiger partial charge in [-0.15, -0.1) is 0 Å². The third-order valence-electron chi connectivity index (χ3n) is 3.50. The number of hydrogen-bond donors (Lipinski definition) is 3. The van der Waals surface area contributed by atoms with Crippen molar-refractivity contribution in [1.29, 1.82) is 0 Å². The number of rotatable bonds is 6. The Morgan fingerprint density at radius 2 is 1.73 bits per heavy atom. The minimum Gasteiger partial charge on any atom is -0.395 e.